The zero-order valence-corrected chi connectivity index (χ0v) is 15.3. The summed E-state index contributed by atoms with van der Waals surface area (Å²) in [4.78, 5) is 6.20. The lowest BCUT2D eigenvalue weighted by Crippen LogP contribution is -2.22. The molecule has 0 radical (unpaired) electrons. The molecule has 25 heavy (non-hydrogen) atoms. The average Bonchev–Trinajstić information content (AvgIpc) is 2.55. The molecule has 0 aliphatic carbocycles. The van der Waals surface area contributed by atoms with Gasteiger partial charge in [-0.1, -0.05) is 17.7 Å². The van der Waals surface area contributed by atoms with Crippen LogP contribution in [0.2, 0.25) is 5.02 Å². The molecule has 0 bridgehead atoms. The Balaban J connectivity index is 2.04. The van der Waals surface area contributed by atoms with Gasteiger partial charge in [0.1, 0.15) is 11.6 Å². The normalized spacial score (nSPS) is 11.7. The van der Waals surface area contributed by atoms with Gasteiger partial charge in [0, 0.05) is 17.8 Å². The molecule has 0 aromatic heterocycles. The Labute approximate surface area is 152 Å². The summed E-state index contributed by atoms with van der Waals surface area (Å²) in [5.74, 6) is 0.613. The number of rotatable bonds is 6. The molecule has 0 aliphatic heterocycles. The standard InChI is InChI=1S/C18H22ClFN4O/c1-24(2)11-13-8-12(4-6-16(13)20)10-22-18(21)23-14-5-7-17(25-3)15(19)9-14/h4-9H,10-11H2,1-3H3,(H3,21,22,23). The third kappa shape index (κ3) is 5.62. The summed E-state index contributed by atoms with van der Waals surface area (Å²) in [6.07, 6.45) is 0. The van der Waals surface area contributed by atoms with Gasteiger partial charge in [-0.15, -0.1) is 0 Å². The molecule has 0 saturated carbocycles. The maximum Gasteiger partial charge on any atom is 0.193 e. The predicted octanol–water partition coefficient (Wildman–Crippen LogP) is 3.48. The van der Waals surface area contributed by atoms with E-state index in [9.17, 15) is 4.39 Å². The van der Waals surface area contributed by atoms with Crippen LogP contribution in [-0.4, -0.2) is 32.1 Å². The Kier molecular flexibility index (Phi) is 6.61. The van der Waals surface area contributed by atoms with Gasteiger partial charge in [0.15, 0.2) is 5.96 Å². The average molecular weight is 365 g/mol. The van der Waals surface area contributed by atoms with Gasteiger partial charge in [-0.3, -0.25) is 0 Å². The number of halogens is 2. The Morgan fingerprint density at radius 2 is 2.04 bits per heavy atom. The number of anilines is 1. The van der Waals surface area contributed by atoms with Crippen LogP contribution in [0.4, 0.5) is 10.1 Å². The second kappa shape index (κ2) is 8.69. The third-order valence-corrected chi connectivity index (χ3v) is 3.75. The molecule has 0 amide bonds. The van der Waals surface area contributed by atoms with Crippen molar-refractivity contribution in [1.82, 2.24) is 4.90 Å². The molecule has 7 heteroatoms. The summed E-state index contributed by atoms with van der Waals surface area (Å²) in [5.41, 5.74) is 8.13. The van der Waals surface area contributed by atoms with E-state index in [0.717, 1.165) is 5.56 Å². The lowest BCUT2D eigenvalue weighted by molar-refractivity contribution is 0.392. The summed E-state index contributed by atoms with van der Waals surface area (Å²) in [6.45, 7) is 0.880. The number of benzene rings is 2. The molecular weight excluding hydrogens is 343 g/mol. The smallest absolute Gasteiger partial charge is 0.193 e. The SMILES string of the molecule is COc1ccc(NC(N)=NCc2ccc(F)c(CN(C)C)c2)cc1Cl. The molecule has 0 saturated heterocycles. The van der Waals surface area contributed by atoms with Crippen molar-refractivity contribution in [2.75, 3.05) is 26.5 Å². The maximum absolute atomic E-state index is 13.8. The molecule has 5 nitrogen and oxygen atoms in total. The van der Waals surface area contributed by atoms with E-state index >= 15 is 0 Å². The van der Waals surface area contributed by atoms with Crippen LogP contribution in [-0.2, 0) is 13.1 Å². The van der Waals surface area contributed by atoms with Crippen molar-refractivity contribution in [3.05, 3.63) is 58.4 Å². The van der Waals surface area contributed by atoms with E-state index in [1.54, 1.807) is 37.4 Å². The van der Waals surface area contributed by atoms with Crippen molar-refractivity contribution in [1.29, 1.82) is 0 Å². The fourth-order valence-corrected chi connectivity index (χ4v) is 2.55. The van der Waals surface area contributed by atoms with Gasteiger partial charge in [-0.25, -0.2) is 9.38 Å². The van der Waals surface area contributed by atoms with Crippen LogP contribution in [0, 0.1) is 5.82 Å². The molecule has 0 heterocycles. The summed E-state index contributed by atoms with van der Waals surface area (Å²) in [6, 6.07) is 10.2. The molecule has 134 valence electrons. The monoisotopic (exact) mass is 364 g/mol. The van der Waals surface area contributed by atoms with E-state index in [2.05, 4.69) is 10.3 Å². The van der Waals surface area contributed by atoms with E-state index in [1.807, 2.05) is 19.0 Å². The van der Waals surface area contributed by atoms with Gasteiger partial charge in [-0.05, 0) is 50.0 Å². The minimum atomic E-state index is -0.222. The maximum atomic E-state index is 13.8. The molecule has 0 fully saturated rings. The van der Waals surface area contributed by atoms with Gasteiger partial charge >= 0.3 is 0 Å². The zero-order chi connectivity index (χ0) is 18.4. The second-order valence-electron chi connectivity index (χ2n) is 5.84. The van der Waals surface area contributed by atoms with E-state index in [-0.39, 0.29) is 11.8 Å². The number of methoxy groups -OCH3 is 1. The molecular formula is C18H22ClFN4O. The molecule has 3 N–H and O–H groups in total. The predicted molar refractivity (Wildman–Crippen MR) is 101 cm³/mol. The highest BCUT2D eigenvalue weighted by Gasteiger charge is 2.06. The lowest BCUT2D eigenvalue weighted by atomic mass is 10.1. The Morgan fingerprint density at radius 3 is 2.68 bits per heavy atom. The lowest BCUT2D eigenvalue weighted by Gasteiger charge is -2.12. The number of ether oxygens (including phenoxy) is 1. The van der Waals surface area contributed by atoms with Gasteiger partial charge < -0.3 is 20.7 Å². The van der Waals surface area contributed by atoms with E-state index in [4.69, 9.17) is 22.1 Å². The zero-order valence-electron chi connectivity index (χ0n) is 14.5. The van der Waals surface area contributed by atoms with Crippen LogP contribution < -0.4 is 15.8 Å². The Hall–Kier alpha value is -2.31. The van der Waals surface area contributed by atoms with Crippen molar-refractivity contribution in [3.8, 4) is 5.75 Å². The van der Waals surface area contributed by atoms with Crippen LogP contribution in [0.5, 0.6) is 5.75 Å². The first-order valence-electron chi connectivity index (χ1n) is 7.71. The molecule has 0 unspecified atom stereocenters. The summed E-state index contributed by atoms with van der Waals surface area (Å²) >= 11 is 6.07. The van der Waals surface area contributed by atoms with Gasteiger partial charge in [-0.2, -0.15) is 0 Å². The van der Waals surface area contributed by atoms with Crippen LogP contribution >= 0.6 is 11.6 Å². The first-order chi connectivity index (χ1) is 11.9. The van der Waals surface area contributed by atoms with Gasteiger partial charge in [0.05, 0.1) is 18.7 Å². The summed E-state index contributed by atoms with van der Waals surface area (Å²) < 4.78 is 18.9. The molecule has 2 aromatic rings. The van der Waals surface area contributed by atoms with Crippen molar-refractivity contribution < 1.29 is 9.13 Å². The topological polar surface area (TPSA) is 62.9 Å². The molecule has 0 spiro atoms. The van der Waals surface area contributed by atoms with Crippen LogP contribution in [0.25, 0.3) is 0 Å². The van der Waals surface area contributed by atoms with Crippen molar-refractivity contribution in [3.63, 3.8) is 0 Å². The molecule has 0 aliphatic rings. The second-order valence-corrected chi connectivity index (χ2v) is 6.25. The quantitative estimate of drug-likeness (QED) is 0.608. The highest BCUT2D eigenvalue weighted by atomic mass is 35.5. The number of hydrogen-bond donors (Lipinski definition) is 2. The fourth-order valence-electron chi connectivity index (χ4n) is 2.30. The van der Waals surface area contributed by atoms with E-state index in [0.29, 0.717) is 35.1 Å². The number of nitrogens with one attached hydrogen (secondary N) is 1. The van der Waals surface area contributed by atoms with Gasteiger partial charge in [0.25, 0.3) is 0 Å². The fraction of sp³-hybridized carbons (Fsp3) is 0.278. The Bertz CT molecular complexity index is 765. The number of aliphatic imine (C=N–C) groups is 1. The van der Waals surface area contributed by atoms with Gasteiger partial charge in [0.2, 0.25) is 0 Å². The minimum Gasteiger partial charge on any atom is -0.495 e. The number of hydrogen-bond acceptors (Lipinski definition) is 3. The minimum absolute atomic E-state index is 0.222. The van der Waals surface area contributed by atoms with Crippen molar-refractivity contribution >= 4 is 23.2 Å². The molecule has 0 atom stereocenters. The van der Waals surface area contributed by atoms with E-state index in [1.165, 1.54) is 6.07 Å². The van der Waals surface area contributed by atoms with Crippen LogP contribution in [0.15, 0.2) is 41.4 Å². The molecule has 2 rings (SSSR count). The highest BCUT2D eigenvalue weighted by molar-refractivity contribution is 6.32. The Morgan fingerprint density at radius 1 is 1.28 bits per heavy atom. The van der Waals surface area contributed by atoms with E-state index < -0.39 is 0 Å². The summed E-state index contributed by atoms with van der Waals surface area (Å²) in [7, 11) is 5.34. The summed E-state index contributed by atoms with van der Waals surface area (Å²) in [5, 5.41) is 3.45. The van der Waals surface area contributed by atoms with Crippen LogP contribution in [0.1, 0.15) is 11.1 Å². The van der Waals surface area contributed by atoms with Crippen molar-refractivity contribution in [2.45, 2.75) is 13.1 Å². The highest BCUT2D eigenvalue weighted by Crippen LogP contribution is 2.27. The molecule has 2 aromatic carbocycles. The van der Waals surface area contributed by atoms with Crippen LogP contribution in [0.3, 0.4) is 0 Å². The number of nitrogens with zero attached hydrogens (tertiary/aromatic N) is 2. The third-order valence-electron chi connectivity index (χ3n) is 3.45. The first-order valence-corrected chi connectivity index (χ1v) is 8.09. The number of guanidine groups is 1. The largest absolute Gasteiger partial charge is 0.495 e. The number of nitrogens with two attached hydrogens (primary N) is 1. The first kappa shape index (κ1) is 19.0. The van der Waals surface area contributed by atoms with Crippen molar-refractivity contribution in [2.24, 2.45) is 10.7 Å².